The number of benzodiazepines with no additional fused rings is 1. The number of ketones is 1. The summed E-state index contributed by atoms with van der Waals surface area (Å²) in [4.78, 5) is 46.2. The molecule has 0 aromatic heterocycles. The van der Waals surface area contributed by atoms with E-state index in [0.29, 0.717) is 23.7 Å². The lowest BCUT2D eigenvalue weighted by Crippen LogP contribution is -2.49. The average Bonchev–Trinajstić information content (AvgIpc) is 3.08. The lowest BCUT2D eigenvalue weighted by Gasteiger charge is -2.26. The van der Waals surface area contributed by atoms with Crippen molar-refractivity contribution in [2.45, 2.75) is 51.3 Å². The summed E-state index contributed by atoms with van der Waals surface area (Å²) >= 11 is 0. The van der Waals surface area contributed by atoms with Crippen LogP contribution in [0, 0.1) is 5.92 Å². The van der Waals surface area contributed by atoms with Crippen molar-refractivity contribution in [2.75, 3.05) is 11.4 Å². The molecule has 3 aromatic carbocycles. The van der Waals surface area contributed by atoms with E-state index in [9.17, 15) is 14.4 Å². The molecule has 1 aliphatic heterocycles. The fourth-order valence-electron chi connectivity index (χ4n) is 5.34. The zero-order chi connectivity index (χ0) is 27.0. The van der Waals surface area contributed by atoms with E-state index in [-0.39, 0.29) is 18.9 Å². The Morgan fingerprint density at radius 3 is 2.28 bits per heavy atom. The van der Waals surface area contributed by atoms with Crippen molar-refractivity contribution in [3.05, 3.63) is 102 Å². The minimum absolute atomic E-state index is 0.0126. The minimum Gasteiger partial charge on any atom is -0.445 e. The molecule has 0 saturated heterocycles. The second-order valence-corrected chi connectivity index (χ2v) is 10.1. The summed E-state index contributed by atoms with van der Waals surface area (Å²) < 4.78 is 5.40. The number of nitrogens with zero attached hydrogens (tertiary/aromatic N) is 2. The number of carbonyl (C=O) groups is 3. The van der Waals surface area contributed by atoms with Crippen molar-refractivity contribution in [1.29, 1.82) is 0 Å². The van der Waals surface area contributed by atoms with Gasteiger partial charge in [0.1, 0.15) is 6.61 Å². The first kappa shape index (κ1) is 26.4. The Morgan fingerprint density at radius 1 is 0.872 bits per heavy atom. The molecule has 39 heavy (non-hydrogen) atoms. The van der Waals surface area contributed by atoms with Crippen LogP contribution in [-0.4, -0.2) is 36.2 Å². The normalized spacial score (nSPS) is 17.5. The van der Waals surface area contributed by atoms with Crippen molar-refractivity contribution >= 4 is 29.2 Å². The van der Waals surface area contributed by atoms with Crippen molar-refractivity contribution in [3.8, 4) is 0 Å². The van der Waals surface area contributed by atoms with Crippen molar-refractivity contribution in [1.82, 2.24) is 5.32 Å². The average molecular weight is 524 g/mol. The molecule has 0 bridgehead atoms. The maximum atomic E-state index is 13.9. The molecule has 0 radical (unpaired) electrons. The standard InChI is InChI=1S/C32H33N3O4/c36-26(20-23-12-4-1-5-13-23)21-35-28-19-11-10-18-27(28)29(25-16-8-3-9-17-25)33-30(31(35)37)34-32(38)39-22-24-14-6-2-7-15-24/h2-3,6-11,14-19,23,30H,1,4-5,12-13,20-22H2,(H,34,38). The van der Waals surface area contributed by atoms with Gasteiger partial charge < -0.3 is 9.64 Å². The van der Waals surface area contributed by atoms with Gasteiger partial charge in [-0.15, -0.1) is 0 Å². The van der Waals surface area contributed by atoms with E-state index in [0.717, 1.165) is 42.4 Å². The van der Waals surface area contributed by atoms with Crippen LogP contribution in [0.4, 0.5) is 10.5 Å². The summed E-state index contributed by atoms with van der Waals surface area (Å²) in [6.07, 6.45) is 4.06. The summed E-state index contributed by atoms with van der Waals surface area (Å²) in [6, 6.07) is 26.3. The summed E-state index contributed by atoms with van der Waals surface area (Å²) in [5.74, 6) is -0.0951. The summed E-state index contributed by atoms with van der Waals surface area (Å²) in [7, 11) is 0. The quantitative estimate of drug-likeness (QED) is 0.413. The predicted octanol–water partition coefficient (Wildman–Crippen LogP) is 5.66. The molecule has 1 fully saturated rings. The van der Waals surface area contributed by atoms with Gasteiger partial charge in [-0.2, -0.15) is 0 Å². The maximum Gasteiger partial charge on any atom is 0.409 e. The SMILES string of the molecule is O=C(CC1CCCCC1)CN1C(=O)C(NC(=O)OCc2ccccc2)N=C(c2ccccc2)c2ccccc21. The van der Waals surface area contributed by atoms with Gasteiger partial charge in [-0.05, 0) is 17.5 Å². The first-order valence-corrected chi connectivity index (χ1v) is 13.6. The number of nitrogens with one attached hydrogen (secondary N) is 1. The summed E-state index contributed by atoms with van der Waals surface area (Å²) in [5.41, 5.74) is 3.52. The molecular weight excluding hydrogens is 490 g/mol. The molecule has 1 N–H and O–H groups in total. The Labute approximate surface area is 228 Å². The number of hydrogen-bond donors (Lipinski definition) is 1. The second-order valence-electron chi connectivity index (χ2n) is 10.1. The molecule has 1 atom stereocenters. The fraction of sp³-hybridized carbons (Fsp3) is 0.312. The van der Waals surface area contributed by atoms with Gasteiger partial charge in [-0.25, -0.2) is 9.79 Å². The third kappa shape index (κ3) is 6.60. The van der Waals surface area contributed by atoms with Crippen LogP contribution in [0.2, 0.25) is 0 Å². The smallest absolute Gasteiger partial charge is 0.409 e. The molecule has 1 aliphatic carbocycles. The Hall–Kier alpha value is -4.26. The second kappa shape index (κ2) is 12.5. The molecule has 2 amide bonds. The van der Waals surface area contributed by atoms with Crippen LogP contribution in [0.1, 0.15) is 55.2 Å². The Balaban J connectivity index is 1.43. The number of alkyl carbamates (subject to hydrolysis) is 1. The number of rotatable bonds is 8. The van der Waals surface area contributed by atoms with E-state index < -0.39 is 18.2 Å². The Bertz CT molecular complexity index is 1330. The lowest BCUT2D eigenvalue weighted by atomic mass is 9.86. The first-order valence-electron chi connectivity index (χ1n) is 13.6. The van der Waals surface area contributed by atoms with Gasteiger partial charge in [0.15, 0.2) is 5.78 Å². The Morgan fingerprint density at radius 2 is 1.54 bits per heavy atom. The van der Waals surface area contributed by atoms with Crippen molar-refractivity contribution in [2.24, 2.45) is 10.9 Å². The predicted molar refractivity (Wildman–Crippen MR) is 151 cm³/mol. The van der Waals surface area contributed by atoms with Crippen LogP contribution in [0.25, 0.3) is 0 Å². The fourth-order valence-corrected chi connectivity index (χ4v) is 5.34. The molecule has 2 aliphatic rings. The summed E-state index contributed by atoms with van der Waals surface area (Å²) in [6.45, 7) is -0.00612. The van der Waals surface area contributed by atoms with Crippen molar-refractivity contribution < 1.29 is 19.1 Å². The summed E-state index contributed by atoms with van der Waals surface area (Å²) in [5, 5.41) is 2.65. The Kier molecular flexibility index (Phi) is 8.46. The van der Waals surface area contributed by atoms with E-state index in [1.54, 1.807) is 0 Å². The van der Waals surface area contributed by atoms with E-state index in [1.165, 1.54) is 11.3 Å². The number of carbonyl (C=O) groups excluding carboxylic acids is 3. The number of para-hydroxylation sites is 1. The number of Topliss-reactive ketones (excluding diaryl/α,β-unsaturated/α-hetero) is 1. The highest BCUT2D eigenvalue weighted by molar-refractivity contribution is 6.20. The molecule has 1 heterocycles. The van der Waals surface area contributed by atoms with Gasteiger partial charge in [0, 0.05) is 17.5 Å². The molecule has 0 spiro atoms. The van der Waals surface area contributed by atoms with Crippen LogP contribution >= 0.6 is 0 Å². The third-order valence-corrected chi connectivity index (χ3v) is 7.30. The number of amides is 2. The maximum absolute atomic E-state index is 13.9. The van der Waals surface area contributed by atoms with Gasteiger partial charge in [-0.3, -0.25) is 14.9 Å². The highest BCUT2D eigenvalue weighted by Crippen LogP contribution is 2.30. The van der Waals surface area contributed by atoms with E-state index in [1.807, 2.05) is 84.9 Å². The highest BCUT2D eigenvalue weighted by Gasteiger charge is 2.34. The molecule has 200 valence electrons. The number of aliphatic imine (C=N–C) groups is 1. The number of fused-ring (bicyclic) bond motifs is 1. The van der Waals surface area contributed by atoms with Gasteiger partial charge in [0.25, 0.3) is 5.91 Å². The van der Waals surface area contributed by atoms with Crippen LogP contribution in [0.3, 0.4) is 0 Å². The zero-order valence-electron chi connectivity index (χ0n) is 21.9. The van der Waals surface area contributed by atoms with Gasteiger partial charge in [0.05, 0.1) is 17.9 Å². The largest absolute Gasteiger partial charge is 0.445 e. The molecule has 7 nitrogen and oxygen atoms in total. The van der Waals surface area contributed by atoms with E-state index >= 15 is 0 Å². The molecular formula is C32H33N3O4. The molecule has 1 unspecified atom stereocenters. The van der Waals surface area contributed by atoms with Crippen molar-refractivity contribution in [3.63, 3.8) is 0 Å². The number of anilines is 1. The highest BCUT2D eigenvalue weighted by atomic mass is 16.5. The molecule has 3 aromatic rings. The topological polar surface area (TPSA) is 88.1 Å². The van der Waals surface area contributed by atoms with Crippen LogP contribution in [0.5, 0.6) is 0 Å². The third-order valence-electron chi connectivity index (χ3n) is 7.30. The van der Waals surface area contributed by atoms with E-state index in [4.69, 9.17) is 9.73 Å². The number of ether oxygens (including phenoxy) is 1. The molecule has 1 saturated carbocycles. The van der Waals surface area contributed by atoms with Crippen LogP contribution in [-0.2, 0) is 20.9 Å². The van der Waals surface area contributed by atoms with Crippen LogP contribution in [0.15, 0.2) is 89.9 Å². The first-order chi connectivity index (χ1) is 19.1. The van der Waals surface area contributed by atoms with Gasteiger partial charge in [0.2, 0.25) is 6.17 Å². The number of benzene rings is 3. The lowest BCUT2D eigenvalue weighted by molar-refractivity contribution is -0.124. The molecule has 7 heteroatoms. The van der Waals surface area contributed by atoms with Gasteiger partial charge >= 0.3 is 6.09 Å². The number of hydrogen-bond acceptors (Lipinski definition) is 5. The minimum atomic E-state index is -1.25. The zero-order valence-corrected chi connectivity index (χ0v) is 21.9. The van der Waals surface area contributed by atoms with Crippen LogP contribution < -0.4 is 10.2 Å². The molecule has 5 rings (SSSR count). The van der Waals surface area contributed by atoms with Gasteiger partial charge in [-0.1, -0.05) is 111 Å². The van der Waals surface area contributed by atoms with E-state index in [2.05, 4.69) is 5.32 Å². The monoisotopic (exact) mass is 523 g/mol.